The molecule has 1 aliphatic carbocycles. The average Bonchev–Trinajstić information content (AvgIpc) is 2.80. The van der Waals surface area contributed by atoms with Crippen molar-refractivity contribution in [1.82, 2.24) is 10.2 Å². The van der Waals surface area contributed by atoms with E-state index in [4.69, 9.17) is 0 Å². The number of imide groups is 1. The first-order chi connectivity index (χ1) is 8.05. The Balaban J connectivity index is 1.97. The Bertz CT molecular complexity index is 360. The molecule has 0 aromatic heterocycles. The molecule has 0 aromatic carbocycles. The van der Waals surface area contributed by atoms with E-state index < -0.39 is 17.5 Å². The van der Waals surface area contributed by atoms with Crippen LogP contribution in [0.2, 0.25) is 0 Å². The molecule has 3 amide bonds. The molecule has 1 aliphatic heterocycles. The van der Waals surface area contributed by atoms with E-state index in [1.165, 1.54) is 0 Å². The Labute approximate surface area is 99.0 Å². The van der Waals surface area contributed by atoms with Crippen molar-refractivity contribution in [2.24, 2.45) is 0 Å². The number of carbonyl (C=O) groups excluding carboxylic acids is 3. The molecule has 2 fully saturated rings. The molecule has 1 saturated carbocycles. The van der Waals surface area contributed by atoms with Crippen LogP contribution < -0.4 is 10.4 Å². The third-order valence-electron chi connectivity index (χ3n) is 3.47. The zero-order chi connectivity index (χ0) is 12.5. The third kappa shape index (κ3) is 2.11. The zero-order valence-corrected chi connectivity index (χ0v) is 9.53. The van der Waals surface area contributed by atoms with Gasteiger partial charge in [0.25, 0.3) is 5.91 Å². The minimum absolute atomic E-state index is 0.135. The van der Waals surface area contributed by atoms with Crippen molar-refractivity contribution in [2.75, 3.05) is 6.54 Å². The molecule has 0 unspecified atom stereocenters. The second-order valence-electron chi connectivity index (χ2n) is 4.65. The highest BCUT2D eigenvalue weighted by atomic mass is 16.4. The molecule has 0 aromatic rings. The lowest BCUT2D eigenvalue weighted by molar-refractivity contribution is -0.305. The molecule has 1 N–H and O–H groups in total. The van der Waals surface area contributed by atoms with E-state index in [-0.39, 0.29) is 25.3 Å². The SMILES string of the molecule is O=C([O-])CCCN1C(=O)NC2(CCCC2)C1=O. The number of carboxylic acids is 1. The number of amides is 3. The number of urea groups is 1. The smallest absolute Gasteiger partial charge is 0.325 e. The maximum Gasteiger partial charge on any atom is 0.325 e. The van der Waals surface area contributed by atoms with Crippen LogP contribution >= 0.6 is 0 Å². The van der Waals surface area contributed by atoms with Gasteiger partial charge in [0.05, 0.1) is 0 Å². The van der Waals surface area contributed by atoms with E-state index >= 15 is 0 Å². The molecule has 17 heavy (non-hydrogen) atoms. The van der Waals surface area contributed by atoms with Crippen molar-refractivity contribution in [3.05, 3.63) is 0 Å². The number of rotatable bonds is 4. The molecular weight excluding hydrogens is 224 g/mol. The quantitative estimate of drug-likeness (QED) is 0.662. The predicted octanol–water partition coefficient (Wildman–Crippen LogP) is -0.619. The van der Waals surface area contributed by atoms with Crippen LogP contribution in [0.25, 0.3) is 0 Å². The summed E-state index contributed by atoms with van der Waals surface area (Å²) in [5.41, 5.74) is -0.696. The van der Waals surface area contributed by atoms with Gasteiger partial charge in [0, 0.05) is 12.5 Å². The van der Waals surface area contributed by atoms with Crippen molar-refractivity contribution < 1.29 is 19.5 Å². The van der Waals surface area contributed by atoms with Gasteiger partial charge >= 0.3 is 6.03 Å². The Morgan fingerprint density at radius 1 is 1.35 bits per heavy atom. The summed E-state index contributed by atoms with van der Waals surface area (Å²) in [6.07, 6.45) is 3.38. The van der Waals surface area contributed by atoms with Crippen LogP contribution in [0.4, 0.5) is 4.79 Å². The second kappa shape index (κ2) is 4.35. The fourth-order valence-electron chi connectivity index (χ4n) is 2.58. The highest BCUT2D eigenvalue weighted by Gasteiger charge is 2.51. The molecule has 1 heterocycles. The van der Waals surface area contributed by atoms with Gasteiger partial charge in [-0.1, -0.05) is 12.8 Å². The first-order valence-electron chi connectivity index (χ1n) is 5.89. The number of hydrogen-bond donors (Lipinski definition) is 1. The summed E-state index contributed by atoms with van der Waals surface area (Å²) in [7, 11) is 0. The molecule has 94 valence electrons. The molecule has 6 heteroatoms. The van der Waals surface area contributed by atoms with Crippen LogP contribution in [0.15, 0.2) is 0 Å². The molecule has 0 atom stereocenters. The Hall–Kier alpha value is -1.59. The van der Waals surface area contributed by atoms with Crippen molar-refractivity contribution in [2.45, 2.75) is 44.1 Å². The van der Waals surface area contributed by atoms with Crippen LogP contribution in [-0.2, 0) is 9.59 Å². The number of carboxylic acid groups (broad SMARTS) is 1. The van der Waals surface area contributed by atoms with Crippen LogP contribution in [-0.4, -0.2) is 34.9 Å². The Morgan fingerprint density at radius 3 is 2.59 bits per heavy atom. The molecule has 6 nitrogen and oxygen atoms in total. The largest absolute Gasteiger partial charge is 0.550 e. The molecule has 1 saturated heterocycles. The molecule has 0 bridgehead atoms. The van der Waals surface area contributed by atoms with Gasteiger partial charge in [-0.2, -0.15) is 0 Å². The van der Waals surface area contributed by atoms with Crippen LogP contribution in [0, 0.1) is 0 Å². The second-order valence-corrected chi connectivity index (χ2v) is 4.65. The molecule has 1 spiro atoms. The van der Waals surface area contributed by atoms with Gasteiger partial charge in [-0.3, -0.25) is 9.69 Å². The zero-order valence-electron chi connectivity index (χ0n) is 9.53. The lowest BCUT2D eigenvalue weighted by Crippen LogP contribution is -2.44. The topological polar surface area (TPSA) is 89.5 Å². The summed E-state index contributed by atoms with van der Waals surface area (Å²) in [5.74, 6) is -1.36. The highest BCUT2D eigenvalue weighted by Crippen LogP contribution is 2.34. The van der Waals surface area contributed by atoms with Gasteiger partial charge in [0.2, 0.25) is 0 Å². The minimum atomic E-state index is -1.16. The lowest BCUT2D eigenvalue weighted by Gasteiger charge is -2.19. The van der Waals surface area contributed by atoms with Gasteiger partial charge < -0.3 is 15.2 Å². The van der Waals surface area contributed by atoms with Gasteiger partial charge in [-0.05, 0) is 25.7 Å². The summed E-state index contributed by atoms with van der Waals surface area (Å²) in [6.45, 7) is 0.153. The average molecular weight is 239 g/mol. The maximum atomic E-state index is 12.1. The predicted molar refractivity (Wildman–Crippen MR) is 55.7 cm³/mol. The van der Waals surface area contributed by atoms with E-state index in [9.17, 15) is 19.5 Å². The Kier molecular flexibility index (Phi) is 3.04. The lowest BCUT2D eigenvalue weighted by atomic mass is 9.98. The number of aliphatic carboxylic acids is 1. The summed E-state index contributed by atoms with van der Waals surface area (Å²) in [5, 5.41) is 13.0. The van der Waals surface area contributed by atoms with E-state index in [0.717, 1.165) is 17.7 Å². The number of nitrogens with zero attached hydrogens (tertiary/aromatic N) is 1. The molecular formula is C11H15N2O4-. The van der Waals surface area contributed by atoms with Crippen LogP contribution in [0.3, 0.4) is 0 Å². The molecule has 2 rings (SSSR count). The summed E-state index contributed by atoms with van der Waals surface area (Å²) < 4.78 is 0. The van der Waals surface area contributed by atoms with Gasteiger partial charge in [-0.15, -0.1) is 0 Å². The normalized spacial score (nSPS) is 22.2. The van der Waals surface area contributed by atoms with Gasteiger partial charge in [0.1, 0.15) is 5.54 Å². The van der Waals surface area contributed by atoms with Crippen LogP contribution in [0.5, 0.6) is 0 Å². The molecule has 0 radical (unpaired) electrons. The van der Waals surface area contributed by atoms with Crippen molar-refractivity contribution in [3.8, 4) is 0 Å². The van der Waals surface area contributed by atoms with Crippen molar-refractivity contribution in [1.29, 1.82) is 0 Å². The molecule has 2 aliphatic rings. The van der Waals surface area contributed by atoms with Gasteiger partial charge in [-0.25, -0.2) is 4.79 Å². The fourth-order valence-corrected chi connectivity index (χ4v) is 2.58. The minimum Gasteiger partial charge on any atom is -0.550 e. The number of hydrogen-bond acceptors (Lipinski definition) is 4. The Morgan fingerprint density at radius 2 is 2.00 bits per heavy atom. The first kappa shape index (κ1) is 11.9. The standard InChI is InChI=1S/C11H16N2O4/c14-8(15)4-3-7-13-9(16)11(12-10(13)17)5-1-2-6-11/h1-7H2,(H,12,17)(H,14,15)/p-1. The van der Waals surface area contributed by atoms with E-state index in [2.05, 4.69) is 5.32 Å². The number of carbonyl (C=O) groups is 3. The maximum absolute atomic E-state index is 12.1. The summed E-state index contributed by atoms with van der Waals surface area (Å²) >= 11 is 0. The summed E-state index contributed by atoms with van der Waals surface area (Å²) in [6, 6.07) is -0.393. The van der Waals surface area contributed by atoms with Crippen molar-refractivity contribution in [3.63, 3.8) is 0 Å². The van der Waals surface area contributed by atoms with Gasteiger partial charge in [0.15, 0.2) is 0 Å². The first-order valence-corrected chi connectivity index (χ1v) is 5.89. The highest BCUT2D eigenvalue weighted by molar-refractivity contribution is 6.07. The van der Waals surface area contributed by atoms with E-state index in [1.54, 1.807) is 0 Å². The van der Waals surface area contributed by atoms with Crippen molar-refractivity contribution >= 4 is 17.9 Å². The van der Waals surface area contributed by atoms with Crippen LogP contribution in [0.1, 0.15) is 38.5 Å². The summed E-state index contributed by atoms with van der Waals surface area (Å²) in [4.78, 5) is 35.2. The monoisotopic (exact) mass is 239 g/mol. The fraction of sp³-hybridized carbons (Fsp3) is 0.727. The number of nitrogens with one attached hydrogen (secondary N) is 1. The van der Waals surface area contributed by atoms with E-state index in [1.807, 2.05) is 0 Å². The van der Waals surface area contributed by atoms with E-state index in [0.29, 0.717) is 12.8 Å². The third-order valence-corrected chi connectivity index (χ3v) is 3.47.